The summed E-state index contributed by atoms with van der Waals surface area (Å²) in [5, 5.41) is 3.57. The zero-order chi connectivity index (χ0) is 10.7. The molecule has 0 radical (unpaired) electrons. The molecule has 1 aromatic carbocycles. The standard InChI is InChI=1S/C14H21N/c1-3-4-6-12-9-11(2)10-13-7-5-8-15-14(12)13/h9-10,15H,3-8H2,1-2H3. The molecule has 0 unspecified atom stereocenters. The SMILES string of the molecule is CCCCc1cc(C)cc2c1NCCC2. The van der Waals surface area contributed by atoms with Crippen molar-refractivity contribution < 1.29 is 0 Å². The zero-order valence-corrected chi connectivity index (χ0v) is 9.90. The van der Waals surface area contributed by atoms with Gasteiger partial charge in [0.15, 0.2) is 0 Å². The van der Waals surface area contributed by atoms with Gasteiger partial charge in [0.25, 0.3) is 0 Å². The molecule has 0 bridgehead atoms. The number of hydrogen-bond acceptors (Lipinski definition) is 1. The number of benzene rings is 1. The van der Waals surface area contributed by atoms with Crippen molar-refractivity contribution in [3.05, 3.63) is 28.8 Å². The van der Waals surface area contributed by atoms with E-state index in [-0.39, 0.29) is 0 Å². The lowest BCUT2D eigenvalue weighted by atomic mass is 9.94. The van der Waals surface area contributed by atoms with Crippen LogP contribution in [0.2, 0.25) is 0 Å². The number of hydrogen-bond donors (Lipinski definition) is 1. The lowest BCUT2D eigenvalue weighted by molar-refractivity contribution is 0.779. The molecule has 0 saturated heterocycles. The van der Waals surface area contributed by atoms with Crippen molar-refractivity contribution in [2.45, 2.75) is 46.0 Å². The van der Waals surface area contributed by atoms with Gasteiger partial charge in [-0.25, -0.2) is 0 Å². The van der Waals surface area contributed by atoms with Crippen molar-refractivity contribution in [1.82, 2.24) is 0 Å². The molecule has 1 nitrogen and oxygen atoms in total. The average Bonchev–Trinajstić information content (AvgIpc) is 2.25. The van der Waals surface area contributed by atoms with Crippen LogP contribution in [0.1, 0.15) is 42.9 Å². The van der Waals surface area contributed by atoms with Crippen molar-refractivity contribution in [3.8, 4) is 0 Å². The number of anilines is 1. The molecular weight excluding hydrogens is 182 g/mol. The van der Waals surface area contributed by atoms with Gasteiger partial charge in [0.05, 0.1) is 0 Å². The van der Waals surface area contributed by atoms with E-state index in [1.54, 1.807) is 0 Å². The summed E-state index contributed by atoms with van der Waals surface area (Å²) in [4.78, 5) is 0. The van der Waals surface area contributed by atoms with Crippen LogP contribution in [0.25, 0.3) is 0 Å². The van der Waals surface area contributed by atoms with Crippen LogP contribution >= 0.6 is 0 Å². The van der Waals surface area contributed by atoms with Crippen molar-refractivity contribution in [2.24, 2.45) is 0 Å². The van der Waals surface area contributed by atoms with Gasteiger partial charge in [-0.15, -0.1) is 0 Å². The highest BCUT2D eigenvalue weighted by Gasteiger charge is 2.12. The number of rotatable bonds is 3. The highest BCUT2D eigenvalue weighted by molar-refractivity contribution is 5.60. The molecule has 82 valence electrons. The summed E-state index contributed by atoms with van der Waals surface area (Å²) in [6.45, 7) is 5.62. The third-order valence-corrected chi connectivity index (χ3v) is 3.17. The molecule has 2 rings (SSSR count). The van der Waals surface area contributed by atoms with E-state index in [4.69, 9.17) is 0 Å². The number of aryl methyl sites for hydroxylation is 3. The van der Waals surface area contributed by atoms with Gasteiger partial charge in [0, 0.05) is 12.2 Å². The maximum atomic E-state index is 3.57. The van der Waals surface area contributed by atoms with E-state index in [1.165, 1.54) is 54.5 Å². The van der Waals surface area contributed by atoms with Crippen molar-refractivity contribution in [2.75, 3.05) is 11.9 Å². The fourth-order valence-electron chi connectivity index (χ4n) is 2.42. The molecule has 1 aliphatic heterocycles. The molecule has 0 aliphatic carbocycles. The van der Waals surface area contributed by atoms with Gasteiger partial charge in [0.2, 0.25) is 0 Å². The van der Waals surface area contributed by atoms with Crippen molar-refractivity contribution in [1.29, 1.82) is 0 Å². The minimum absolute atomic E-state index is 1.15. The van der Waals surface area contributed by atoms with Crippen LogP contribution in [0.15, 0.2) is 12.1 Å². The van der Waals surface area contributed by atoms with Gasteiger partial charge in [-0.05, 0) is 43.7 Å². The summed E-state index contributed by atoms with van der Waals surface area (Å²) in [6, 6.07) is 4.70. The smallest absolute Gasteiger partial charge is 0.0405 e. The highest BCUT2D eigenvalue weighted by atomic mass is 14.9. The summed E-state index contributed by atoms with van der Waals surface area (Å²) >= 11 is 0. The predicted octanol–water partition coefficient (Wildman–Crippen LogP) is 3.70. The molecule has 1 aliphatic rings. The van der Waals surface area contributed by atoms with Gasteiger partial charge >= 0.3 is 0 Å². The molecule has 0 amide bonds. The van der Waals surface area contributed by atoms with Crippen molar-refractivity contribution >= 4 is 5.69 Å². The second kappa shape index (κ2) is 4.69. The van der Waals surface area contributed by atoms with Gasteiger partial charge in [-0.1, -0.05) is 31.0 Å². The first-order valence-corrected chi connectivity index (χ1v) is 6.17. The van der Waals surface area contributed by atoms with Crippen LogP contribution in [-0.2, 0) is 12.8 Å². The van der Waals surface area contributed by atoms with Crippen LogP contribution in [0.5, 0.6) is 0 Å². The summed E-state index contributed by atoms with van der Waals surface area (Å²) in [6.07, 6.45) is 6.35. The monoisotopic (exact) mass is 203 g/mol. The number of nitrogens with one attached hydrogen (secondary N) is 1. The minimum atomic E-state index is 1.15. The first-order valence-electron chi connectivity index (χ1n) is 6.17. The molecule has 0 aromatic heterocycles. The summed E-state index contributed by atoms with van der Waals surface area (Å²) in [7, 11) is 0. The lowest BCUT2D eigenvalue weighted by Crippen LogP contribution is -2.14. The molecular formula is C14H21N. The number of fused-ring (bicyclic) bond motifs is 1. The summed E-state index contributed by atoms with van der Waals surface area (Å²) in [5.41, 5.74) is 5.93. The Morgan fingerprint density at radius 1 is 1.33 bits per heavy atom. The second-order valence-corrected chi connectivity index (χ2v) is 4.59. The molecule has 1 heteroatoms. The van der Waals surface area contributed by atoms with E-state index in [1.807, 2.05) is 0 Å². The average molecular weight is 203 g/mol. The Morgan fingerprint density at radius 2 is 2.20 bits per heavy atom. The lowest BCUT2D eigenvalue weighted by Gasteiger charge is -2.22. The molecule has 0 fully saturated rings. The predicted molar refractivity (Wildman–Crippen MR) is 66.6 cm³/mol. The molecule has 0 atom stereocenters. The van der Waals surface area contributed by atoms with E-state index in [9.17, 15) is 0 Å². The molecule has 0 spiro atoms. The van der Waals surface area contributed by atoms with E-state index in [2.05, 4.69) is 31.3 Å². The van der Waals surface area contributed by atoms with Crippen LogP contribution in [0, 0.1) is 6.92 Å². The normalized spacial score (nSPS) is 14.5. The molecule has 1 aromatic rings. The number of unbranched alkanes of at least 4 members (excludes halogenated alkanes) is 1. The van der Waals surface area contributed by atoms with E-state index >= 15 is 0 Å². The maximum Gasteiger partial charge on any atom is 0.0405 e. The molecule has 15 heavy (non-hydrogen) atoms. The zero-order valence-electron chi connectivity index (χ0n) is 9.90. The maximum absolute atomic E-state index is 3.57. The fourth-order valence-corrected chi connectivity index (χ4v) is 2.42. The Labute approximate surface area is 92.9 Å². The van der Waals surface area contributed by atoms with Crippen LogP contribution in [0.3, 0.4) is 0 Å². The van der Waals surface area contributed by atoms with Crippen LogP contribution < -0.4 is 5.32 Å². The fraction of sp³-hybridized carbons (Fsp3) is 0.571. The second-order valence-electron chi connectivity index (χ2n) is 4.59. The van der Waals surface area contributed by atoms with Crippen LogP contribution in [0.4, 0.5) is 5.69 Å². The molecule has 0 saturated carbocycles. The first kappa shape index (κ1) is 10.5. The minimum Gasteiger partial charge on any atom is -0.385 e. The Kier molecular flexibility index (Phi) is 3.30. The van der Waals surface area contributed by atoms with Crippen LogP contribution in [-0.4, -0.2) is 6.54 Å². The van der Waals surface area contributed by atoms with Gasteiger partial charge in [-0.3, -0.25) is 0 Å². The molecule has 1 N–H and O–H groups in total. The van der Waals surface area contributed by atoms with Gasteiger partial charge in [-0.2, -0.15) is 0 Å². The van der Waals surface area contributed by atoms with E-state index in [0.717, 1.165) is 6.54 Å². The first-order chi connectivity index (χ1) is 7.31. The Hall–Kier alpha value is -0.980. The Morgan fingerprint density at radius 3 is 3.00 bits per heavy atom. The summed E-state index contributed by atoms with van der Waals surface area (Å²) < 4.78 is 0. The van der Waals surface area contributed by atoms with Gasteiger partial charge < -0.3 is 5.32 Å². The quantitative estimate of drug-likeness (QED) is 0.790. The topological polar surface area (TPSA) is 12.0 Å². The summed E-state index contributed by atoms with van der Waals surface area (Å²) in [5.74, 6) is 0. The third-order valence-electron chi connectivity index (χ3n) is 3.17. The van der Waals surface area contributed by atoms with E-state index in [0.29, 0.717) is 0 Å². The highest BCUT2D eigenvalue weighted by Crippen LogP contribution is 2.28. The molecule has 1 heterocycles. The largest absolute Gasteiger partial charge is 0.385 e. The van der Waals surface area contributed by atoms with Gasteiger partial charge in [0.1, 0.15) is 0 Å². The third kappa shape index (κ3) is 2.34. The Bertz CT molecular complexity index is 341. The van der Waals surface area contributed by atoms with E-state index < -0.39 is 0 Å². The Balaban J connectivity index is 2.30. The van der Waals surface area contributed by atoms with Crippen molar-refractivity contribution in [3.63, 3.8) is 0 Å².